The number of aromatic nitrogens is 2. The summed E-state index contributed by atoms with van der Waals surface area (Å²) in [7, 11) is -3.56. The first kappa shape index (κ1) is 16.0. The lowest BCUT2D eigenvalue weighted by Gasteiger charge is -2.12. The fourth-order valence-electron chi connectivity index (χ4n) is 1.85. The van der Waals surface area contributed by atoms with Crippen LogP contribution in [0.25, 0.3) is 0 Å². The van der Waals surface area contributed by atoms with Crippen LogP contribution in [0.5, 0.6) is 0 Å². The Balaban J connectivity index is 2.82. The van der Waals surface area contributed by atoms with E-state index in [1.807, 2.05) is 6.92 Å². The Morgan fingerprint density at radius 3 is 2.53 bits per heavy atom. The van der Waals surface area contributed by atoms with Crippen LogP contribution in [-0.4, -0.2) is 24.7 Å². The second-order valence-corrected chi connectivity index (χ2v) is 6.41. The van der Waals surface area contributed by atoms with Crippen LogP contribution < -0.4 is 10.5 Å². The predicted octanol–water partition coefficient (Wildman–Crippen LogP) is 1.59. The van der Waals surface area contributed by atoms with Crippen LogP contribution in [0.15, 0.2) is 11.1 Å². The van der Waals surface area contributed by atoms with Crippen LogP contribution in [-0.2, 0) is 16.6 Å². The average Bonchev–Trinajstić information content (AvgIpc) is 2.73. The van der Waals surface area contributed by atoms with Crippen molar-refractivity contribution in [1.29, 1.82) is 0 Å². The van der Waals surface area contributed by atoms with Gasteiger partial charge in [-0.3, -0.25) is 4.68 Å². The fraction of sp³-hybridized carbons (Fsp3) is 0.750. The highest BCUT2D eigenvalue weighted by Gasteiger charge is 2.21. The Labute approximate surface area is 115 Å². The van der Waals surface area contributed by atoms with Gasteiger partial charge in [-0.25, -0.2) is 13.1 Å². The number of sulfonamides is 1. The number of nitrogen functional groups attached to an aromatic ring is 1. The smallest absolute Gasteiger partial charge is 0.245 e. The first-order valence-electron chi connectivity index (χ1n) is 6.77. The molecule has 6 nitrogen and oxygen atoms in total. The molecule has 0 aliphatic heterocycles. The van der Waals surface area contributed by atoms with Crippen LogP contribution in [0.2, 0.25) is 0 Å². The summed E-state index contributed by atoms with van der Waals surface area (Å²) in [5, 5.41) is 4.01. The predicted molar refractivity (Wildman–Crippen MR) is 76.2 cm³/mol. The quantitative estimate of drug-likeness (QED) is 0.760. The van der Waals surface area contributed by atoms with Gasteiger partial charge < -0.3 is 5.73 Å². The zero-order valence-corrected chi connectivity index (χ0v) is 12.7. The van der Waals surface area contributed by atoms with Gasteiger partial charge in [-0.15, -0.1) is 0 Å². The number of rotatable bonds is 8. The van der Waals surface area contributed by atoms with Crippen LogP contribution in [0.1, 0.15) is 40.0 Å². The summed E-state index contributed by atoms with van der Waals surface area (Å²) in [6.45, 7) is 7.20. The summed E-state index contributed by atoms with van der Waals surface area (Å²) >= 11 is 0. The highest BCUT2D eigenvalue weighted by molar-refractivity contribution is 7.89. The van der Waals surface area contributed by atoms with E-state index in [0.29, 0.717) is 19.0 Å². The van der Waals surface area contributed by atoms with Gasteiger partial charge in [0.15, 0.2) is 5.82 Å². The number of hydrogen-bond donors (Lipinski definition) is 2. The van der Waals surface area contributed by atoms with E-state index >= 15 is 0 Å². The molecule has 0 aliphatic carbocycles. The van der Waals surface area contributed by atoms with Crippen LogP contribution >= 0.6 is 0 Å². The van der Waals surface area contributed by atoms with E-state index < -0.39 is 10.0 Å². The Hall–Kier alpha value is -1.08. The molecule has 0 atom stereocenters. The monoisotopic (exact) mass is 288 g/mol. The summed E-state index contributed by atoms with van der Waals surface area (Å²) < 4.78 is 28.5. The molecule has 19 heavy (non-hydrogen) atoms. The minimum atomic E-state index is -3.56. The van der Waals surface area contributed by atoms with E-state index in [2.05, 4.69) is 23.7 Å². The Morgan fingerprint density at radius 2 is 2.00 bits per heavy atom. The molecule has 7 heteroatoms. The molecule has 0 amide bonds. The summed E-state index contributed by atoms with van der Waals surface area (Å²) in [4.78, 5) is 0.0758. The van der Waals surface area contributed by atoms with Crippen molar-refractivity contribution in [2.45, 2.75) is 51.5 Å². The molecule has 0 radical (unpaired) electrons. The van der Waals surface area contributed by atoms with Gasteiger partial charge in [0.2, 0.25) is 10.0 Å². The number of hydrogen-bond acceptors (Lipinski definition) is 4. The molecule has 0 unspecified atom stereocenters. The lowest BCUT2D eigenvalue weighted by molar-refractivity contribution is 0.479. The normalized spacial score (nSPS) is 12.2. The number of nitrogens with zero attached hydrogens (tertiary/aromatic N) is 2. The van der Waals surface area contributed by atoms with Gasteiger partial charge in [-0.05, 0) is 12.3 Å². The summed E-state index contributed by atoms with van der Waals surface area (Å²) in [5.74, 6) is 0.409. The van der Waals surface area contributed by atoms with Gasteiger partial charge in [-0.2, -0.15) is 5.10 Å². The van der Waals surface area contributed by atoms with Crippen molar-refractivity contribution in [1.82, 2.24) is 14.5 Å². The van der Waals surface area contributed by atoms with Crippen molar-refractivity contribution >= 4 is 15.8 Å². The minimum Gasteiger partial charge on any atom is -0.381 e. The van der Waals surface area contributed by atoms with Gasteiger partial charge in [0, 0.05) is 19.3 Å². The summed E-state index contributed by atoms with van der Waals surface area (Å²) in [5.41, 5.74) is 5.68. The van der Waals surface area contributed by atoms with E-state index in [9.17, 15) is 8.42 Å². The van der Waals surface area contributed by atoms with Gasteiger partial charge in [0.05, 0.1) is 0 Å². The lowest BCUT2D eigenvalue weighted by atomic mass is 10.0. The van der Waals surface area contributed by atoms with E-state index in [1.165, 1.54) is 6.20 Å². The number of nitrogens with two attached hydrogens (primary N) is 1. The lowest BCUT2D eigenvalue weighted by Crippen LogP contribution is -2.29. The van der Waals surface area contributed by atoms with Crippen LogP contribution in [0.3, 0.4) is 0 Å². The molecule has 0 saturated heterocycles. The molecule has 1 aromatic heterocycles. The number of anilines is 1. The third-order valence-electron chi connectivity index (χ3n) is 3.21. The zero-order valence-electron chi connectivity index (χ0n) is 11.9. The van der Waals surface area contributed by atoms with Crippen molar-refractivity contribution in [3.05, 3.63) is 6.20 Å². The number of aryl methyl sites for hydroxylation is 1. The third-order valence-corrected chi connectivity index (χ3v) is 4.65. The molecule has 1 heterocycles. The van der Waals surface area contributed by atoms with Crippen LogP contribution in [0.4, 0.5) is 5.82 Å². The second kappa shape index (κ2) is 6.91. The number of nitrogens with one attached hydrogen (secondary N) is 1. The van der Waals surface area contributed by atoms with Crippen molar-refractivity contribution in [2.75, 3.05) is 12.3 Å². The van der Waals surface area contributed by atoms with Gasteiger partial charge >= 0.3 is 0 Å². The van der Waals surface area contributed by atoms with E-state index in [-0.39, 0.29) is 10.7 Å². The SMILES string of the molecule is CCCn1cc(S(=O)(=O)NCC(CC)CC)c(N)n1. The zero-order chi connectivity index (χ0) is 14.5. The topological polar surface area (TPSA) is 90.0 Å². The molecule has 1 aromatic rings. The Morgan fingerprint density at radius 1 is 1.37 bits per heavy atom. The van der Waals surface area contributed by atoms with Crippen molar-refractivity contribution in [2.24, 2.45) is 5.92 Å². The molecule has 0 aromatic carbocycles. The molecule has 0 spiro atoms. The van der Waals surface area contributed by atoms with Gasteiger partial charge in [0.1, 0.15) is 4.90 Å². The Kier molecular flexibility index (Phi) is 5.81. The maximum atomic E-state index is 12.2. The molecular formula is C12H24N4O2S. The van der Waals surface area contributed by atoms with Gasteiger partial charge in [0.25, 0.3) is 0 Å². The molecule has 0 bridgehead atoms. The van der Waals surface area contributed by atoms with E-state index in [1.54, 1.807) is 4.68 Å². The first-order chi connectivity index (χ1) is 8.94. The summed E-state index contributed by atoms with van der Waals surface area (Å²) in [6.07, 6.45) is 4.27. The first-order valence-corrected chi connectivity index (χ1v) is 8.25. The van der Waals surface area contributed by atoms with Crippen molar-refractivity contribution in [3.8, 4) is 0 Å². The maximum absolute atomic E-state index is 12.2. The summed E-state index contributed by atoms with van der Waals surface area (Å²) in [6, 6.07) is 0. The van der Waals surface area contributed by atoms with Crippen molar-refractivity contribution in [3.63, 3.8) is 0 Å². The fourth-order valence-corrected chi connectivity index (χ4v) is 3.04. The highest BCUT2D eigenvalue weighted by atomic mass is 32.2. The van der Waals surface area contributed by atoms with Gasteiger partial charge in [-0.1, -0.05) is 33.6 Å². The maximum Gasteiger partial charge on any atom is 0.245 e. The van der Waals surface area contributed by atoms with Crippen LogP contribution in [0, 0.1) is 5.92 Å². The molecular weight excluding hydrogens is 264 g/mol. The molecule has 3 N–H and O–H groups in total. The third kappa shape index (κ3) is 4.21. The standard InChI is InChI=1S/C12H24N4O2S/c1-4-7-16-9-11(12(13)15-16)19(17,18)14-8-10(5-2)6-3/h9-10,14H,4-8H2,1-3H3,(H2,13,15). The largest absolute Gasteiger partial charge is 0.381 e. The minimum absolute atomic E-state index is 0.0606. The molecule has 0 saturated carbocycles. The van der Waals surface area contributed by atoms with E-state index in [0.717, 1.165) is 19.3 Å². The second-order valence-electron chi connectivity index (χ2n) is 4.68. The van der Waals surface area contributed by atoms with E-state index in [4.69, 9.17) is 5.73 Å². The molecule has 0 aliphatic rings. The average molecular weight is 288 g/mol. The Bertz CT molecular complexity index is 492. The highest BCUT2D eigenvalue weighted by Crippen LogP contribution is 2.17. The van der Waals surface area contributed by atoms with Crippen molar-refractivity contribution < 1.29 is 8.42 Å². The molecule has 0 fully saturated rings. The molecule has 110 valence electrons. The molecule has 1 rings (SSSR count).